The third-order valence-corrected chi connectivity index (χ3v) is 5.06. The van der Waals surface area contributed by atoms with E-state index in [1.807, 2.05) is 23.9 Å². The zero-order valence-electron chi connectivity index (χ0n) is 16.4. The minimum absolute atomic E-state index is 0.324. The summed E-state index contributed by atoms with van der Waals surface area (Å²) in [6.07, 6.45) is 0. The maximum atomic E-state index is 12.6. The van der Waals surface area contributed by atoms with Gasteiger partial charge in [-0.1, -0.05) is 19.1 Å². The molecular formula is C21H24N2O4S. The Kier molecular flexibility index (Phi) is 8.02. The van der Waals surface area contributed by atoms with Crippen molar-refractivity contribution in [3.63, 3.8) is 0 Å². The molecule has 0 aliphatic carbocycles. The van der Waals surface area contributed by atoms with Crippen LogP contribution in [0.3, 0.4) is 0 Å². The zero-order chi connectivity index (χ0) is 20.5. The summed E-state index contributed by atoms with van der Waals surface area (Å²) in [4.78, 5) is 12.6. The number of rotatable bonds is 9. The molecule has 7 heteroatoms. The van der Waals surface area contributed by atoms with Gasteiger partial charge in [0.25, 0.3) is 5.91 Å². The van der Waals surface area contributed by atoms with Crippen LogP contribution in [0.1, 0.15) is 34.5 Å². The third-order valence-electron chi connectivity index (χ3n) is 4.11. The number of carbonyl (C=O) groups excluding carboxylic acids is 1. The number of thioether (sulfide) groups is 1. The highest BCUT2D eigenvalue weighted by molar-refractivity contribution is 7.98. The van der Waals surface area contributed by atoms with Crippen molar-refractivity contribution >= 4 is 17.7 Å². The smallest absolute Gasteiger partial charge is 0.252 e. The number of amides is 1. The Morgan fingerprint density at radius 1 is 1.11 bits per heavy atom. The fourth-order valence-corrected chi connectivity index (χ4v) is 3.28. The Balaban J connectivity index is 2.22. The van der Waals surface area contributed by atoms with E-state index in [0.29, 0.717) is 28.4 Å². The van der Waals surface area contributed by atoms with Crippen molar-refractivity contribution in [1.29, 1.82) is 5.26 Å². The summed E-state index contributed by atoms with van der Waals surface area (Å²) >= 11 is 1.82. The fourth-order valence-electron chi connectivity index (χ4n) is 2.64. The monoisotopic (exact) mass is 400 g/mol. The summed E-state index contributed by atoms with van der Waals surface area (Å²) in [5.41, 5.74) is 2.20. The first-order valence-electron chi connectivity index (χ1n) is 8.74. The Labute approximate surface area is 169 Å². The summed E-state index contributed by atoms with van der Waals surface area (Å²) in [5.74, 6) is 2.89. The molecule has 1 N–H and O–H groups in total. The molecule has 0 aliphatic heterocycles. The topological polar surface area (TPSA) is 80.6 Å². The molecule has 0 fully saturated rings. The average molecular weight is 401 g/mol. The van der Waals surface area contributed by atoms with E-state index in [2.05, 4.69) is 18.3 Å². The number of nitrogens with zero attached hydrogens (tertiary/aromatic N) is 1. The van der Waals surface area contributed by atoms with Crippen LogP contribution in [0.5, 0.6) is 17.2 Å². The van der Waals surface area contributed by atoms with Crippen LogP contribution in [0.4, 0.5) is 0 Å². The van der Waals surface area contributed by atoms with Gasteiger partial charge in [-0.3, -0.25) is 4.79 Å². The van der Waals surface area contributed by atoms with E-state index in [0.717, 1.165) is 17.1 Å². The molecule has 6 nitrogen and oxygen atoms in total. The molecular weight excluding hydrogens is 376 g/mol. The largest absolute Gasteiger partial charge is 0.493 e. The van der Waals surface area contributed by atoms with Gasteiger partial charge in [0.05, 0.1) is 27.4 Å². The van der Waals surface area contributed by atoms with Crippen LogP contribution in [0.25, 0.3) is 0 Å². The van der Waals surface area contributed by atoms with Crippen molar-refractivity contribution in [2.45, 2.75) is 18.7 Å². The Hall–Kier alpha value is -2.85. The molecule has 148 valence electrons. The number of methoxy groups -OCH3 is 3. The molecule has 1 atom stereocenters. The quantitative estimate of drug-likeness (QED) is 0.686. The zero-order valence-corrected chi connectivity index (χ0v) is 17.3. The van der Waals surface area contributed by atoms with Gasteiger partial charge in [-0.2, -0.15) is 17.0 Å². The number of nitriles is 1. The second-order valence-corrected chi connectivity index (χ2v) is 7.10. The maximum Gasteiger partial charge on any atom is 0.252 e. The van der Waals surface area contributed by atoms with Crippen LogP contribution >= 0.6 is 11.8 Å². The molecule has 0 saturated carbocycles. The van der Waals surface area contributed by atoms with Crippen LogP contribution in [0.2, 0.25) is 0 Å². The van der Waals surface area contributed by atoms with Crippen molar-refractivity contribution in [2.75, 3.05) is 27.1 Å². The molecule has 0 radical (unpaired) electrons. The molecule has 0 bridgehead atoms. The molecule has 0 spiro atoms. The van der Waals surface area contributed by atoms with E-state index in [9.17, 15) is 10.1 Å². The minimum atomic E-state index is -0.864. The van der Waals surface area contributed by atoms with Gasteiger partial charge in [0, 0.05) is 11.3 Å². The molecule has 0 aliphatic rings. The number of hydrogen-bond donors (Lipinski definition) is 1. The van der Waals surface area contributed by atoms with Crippen molar-refractivity contribution in [2.24, 2.45) is 0 Å². The van der Waals surface area contributed by atoms with E-state index < -0.39 is 6.04 Å². The SMILES string of the molecule is CCSCc1ccc(C(=O)NC(C#N)c2cc(OC)c(OC)c(OC)c2)cc1. The van der Waals surface area contributed by atoms with Crippen molar-refractivity contribution in [3.8, 4) is 23.3 Å². The summed E-state index contributed by atoms with van der Waals surface area (Å²) in [7, 11) is 4.51. The number of ether oxygens (including phenoxy) is 3. The summed E-state index contributed by atoms with van der Waals surface area (Å²) in [5, 5.41) is 12.3. The van der Waals surface area contributed by atoms with E-state index in [1.54, 1.807) is 24.3 Å². The lowest BCUT2D eigenvalue weighted by Crippen LogP contribution is -2.27. The van der Waals surface area contributed by atoms with Crippen LogP contribution in [-0.2, 0) is 5.75 Å². The predicted octanol–water partition coefficient (Wildman–Crippen LogP) is 3.96. The van der Waals surface area contributed by atoms with Gasteiger partial charge in [-0.05, 0) is 41.1 Å². The number of carbonyl (C=O) groups is 1. The molecule has 1 amide bonds. The van der Waals surface area contributed by atoms with E-state index in [-0.39, 0.29) is 5.91 Å². The lowest BCUT2D eigenvalue weighted by Gasteiger charge is -2.17. The fraction of sp³-hybridized carbons (Fsp3) is 0.333. The molecule has 2 rings (SSSR count). The number of hydrogen-bond acceptors (Lipinski definition) is 6. The van der Waals surface area contributed by atoms with Gasteiger partial charge in [-0.15, -0.1) is 0 Å². The van der Waals surface area contributed by atoms with Gasteiger partial charge in [0.15, 0.2) is 11.5 Å². The number of nitrogens with one attached hydrogen (secondary N) is 1. The van der Waals surface area contributed by atoms with E-state index in [1.165, 1.54) is 21.3 Å². The lowest BCUT2D eigenvalue weighted by atomic mass is 10.1. The third kappa shape index (κ3) is 5.11. The van der Waals surface area contributed by atoms with Crippen molar-refractivity contribution in [1.82, 2.24) is 5.32 Å². The highest BCUT2D eigenvalue weighted by atomic mass is 32.2. The Morgan fingerprint density at radius 3 is 2.18 bits per heavy atom. The highest BCUT2D eigenvalue weighted by Crippen LogP contribution is 2.39. The van der Waals surface area contributed by atoms with Crippen molar-refractivity contribution in [3.05, 3.63) is 53.1 Å². The Bertz CT molecular complexity index is 821. The molecule has 28 heavy (non-hydrogen) atoms. The van der Waals surface area contributed by atoms with Gasteiger partial charge in [-0.25, -0.2) is 0 Å². The van der Waals surface area contributed by atoms with Crippen LogP contribution in [-0.4, -0.2) is 33.0 Å². The van der Waals surface area contributed by atoms with Crippen LogP contribution in [0, 0.1) is 11.3 Å². The molecule has 0 heterocycles. The standard InChI is InChI=1S/C21H24N2O4S/c1-5-28-13-14-6-8-15(9-7-14)21(24)23-17(12-22)16-10-18(25-2)20(27-4)19(11-16)26-3/h6-11,17H,5,13H2,1-4H3,(H,23,24). The molecule has 0 aromatic heterocycles. The summed E-state index contributed by atoms with van der Waals surface area (Å²) < 4.78 is 15.9. The molecule has 2 aromatic carbocycles. The van der Waals surface area contributed by atoms with Gasteiger partial charge < -0.3 is 19.5 Å². The van der Waals surface area contributed by atoms with Crippen LogP contribution < -0.4 is 19.5 Å². The summed E-state index contributed by atoms with van der Waals surface area (Å²) in [6, 6.07) is 11.9. The lowest BCUT2D eigenvalue weighted by molar-refractivity contribution is 0.0945. The number of benzene rings is 2. The van der Waals surface area contributed by atoms with Crippen LogP contribution in [0.15, 0.2) is 36.4 Å². The summed E-state index contributed by atoms with van der Waals surface area (Å²) in [6.45, 7) is 2.11. The molecule has 0 saturated heterocycles. The second kappa shape index (κ2) is 10.5. The first kappa shape index (κ1) is 21.5. The van der Waals surface area contributed by atoms with E-state index in [4.69, 9.17) is 14.2 Å². The van der Waals surface area contributed by atoms with E-state index >= 15 is 0 Å². The van der Waals surface area contributed by atoms with Gasteiger partial charge in [0.2, 0.25) is 5.75 Å². The molecule has 2 aromatic rings. The predicted molar refractivity (Wildman–Crippen MR) is 110 cm³/mol. The minimum Gasteiger partial charge on any atom is -0.493 e. The van der Waals surface area contributed by atoms with Crippen molar-refractivity contribution < 1.29 is 19.0 Å². The molecule has 1 unspecified atom stereocenters. The Morgan fingerprint density at radius 2 is 1.71 bits per heavy atom. The second-order valence-electron chi connectivity index (χ2n) is 5.83. The first-order valence-corrected chi connectivity index (χ1v) is 9.90. The average Bonchev–Trinajstić information content (AvgIpc) is 2.74. The normalized spacial score (nSPS) is 11.2. The maximum absolute atomic E-state index is 12.6. The first-order chi connectivity index (χ1) is 13.6. The highest BCUT2D eigenvalue weighted by Gasteiger charge is 2.20. The van der Waals surface area contributed by atoms with Gasteiger partial charge in [0.1, 0.15) is 6.04 Å². The van der Waals surface area contributed by atoms with Gasteiger partial charge >= 0.3 is 0 Å².